The van der Waals surface area contributed by atoms with Crippen molar-refractivity contribution in [2.45, 2.75) is 25.7 Å². The zero-order chi connectivity index (χ0) is 25.9. The van der Waals surface area contributed by atoms with E-state index in [4.69, 9.17) is 11.6 Å². The molecule has 0 fully saturated rings. The number of fused-ring (bicyclic) bond motifs is 5. The van der Waals surface area contributed by atoms with Crippen LogP contribution in [0.4, 0.5) is 5.69 Å². The lowest BCUT2D eigenvalue weighted by molar-refractivity contribution is 0.527. The third-order valence-corrected chi connectivity index (χ3v) is 8.59. The lowest BCUT2D eigenvalue weighted by Crippen LogP contribution is -2.25. The number of nitrogens with one attached hydrogen (secondary N) is 1. The fraction of sp³-hybridized carbons (Fsp3) is 0.147. The van der Waals surface area contributed by atoms with Crippen LogP contribution in [0.3, 0.4) is 0 Å². The highest BCUT2D eigenvalue weighted by Crippen LogP contribution is 2.27. The molecular weight excluding hydrogens is 552 g/mol. The smallest absolute Gasteiger partial charge is 0.0469 e. The maximum atomic E-state index is 6.41. The van der Waals surface area contributed by atoms with E-state index in [0.29, 0.717) is 5.92 Å². The van der Waals surface area contributed by atoms with Crippen LogP contribution in [0.15, 0.2) is 101 Å². The molecule has 4 heteroatoms. The van der Waals surface area contributed by atoms with Crippen molar-refractivity contribution in [1.29, 1.82) is 0 Å². The van der Waals surface area contributed by atoms with Gasteiger partial charge >= 0.3 is 0 Å². The fourth-order valence-corrected chi connectivity index (χ4v) is 6.38. The van der Waals surface area contributed by atoms with Crippen LogP contribution in [-0.2, 0) is 19.3 Å². The van der Waals surface area contributed by atoms with Crippen LogP contribution in [0.25, 0.3) is 12.2 Å². The van der Waals surface area contributed by atoms with Gasteiger partial charge < -0.3 is 5.32 Å². The normalized spacial score (nSPS) is 16.1. The summed E-state index contributed by atoms with van der Waals surface area (Å²) in [5.41, 5.74) is 6.55. The maximum absolute atomic E-state index is 6.41. The first-order valence-corrected chi connectivity index (χ1v) is 14.2. The summed E-state index contributed by atoms with van der Waals surface area (Å²) in [6.07, 6.45) is 14.5. The van der Waals surface area contributed by atoms with Crippen LogP contribution >= 0.6 is 27.5 Å². The summed E-state index contributed by atoms with van der Waals surface area (Å²) in [7, 11) is 0. The van der Waals surface area contributed by atoms with Crippen molar-refractivity contribution < 1.29 is 0 Å². The first-order valence-electron chi connectivity index (χ1n) is 13.0. The van der Waals surface area contributed by atoms with E-state index in [2.05, 4.69) is 80.9 Å². The molecule has 1 unspecified atom stereocenters. The van der Waals surface area contributed by atoms with Crippen molar-refractivity contribution in [3.05, 3.63) is 144 Å². The molecular formula is C34H28BrClN2. The molecule has 4 aromatic carbocycles. The van der Waals surface area contributed by atoms with Gasteiger partial charge in [-0.25, -0.2) is 0 Å². The number of aliphatic imine (C=N–C) groups is 1. The highest BCUT2D eigenvalue weighted by molar-refractivity contribution is 9.10. The van der Waals surface area contributed by atoms with Gasteiger partial charge in [0.2, 0.25) is 0 Å². The molecule has 0 radical (unpaired) electrons. The van der Waals surface area contributed by atoms with Crippen LogP contribution in [-0.4, -0.2) is 6.21 Å². The lowest BCUT2D eigenvalue weighted by Gasteiger charge is -2.24. The molecule has 0 aromatic heterocycles. The third-order valence-electron chi connectivity index (χ3n) is 7.52. The largest absolute Gasteiger partial charge is 0.360 e. The first kappa shape index (κ1) is 24.9. The SMILES string of the molecule is C1=CNc2ccccc2C=N1.Clc1ccccc1CC1CC=c2ccc3c(c2C1)CC=c1c(Br)cccc1=3. The molecule has 188 valence electrons. The Morgan fingerprint density at radius 1 is 0.868 bits per heavy atom. The van der Waals surface area contributed by atoms with E-state index in [1.807, 2.05) is 48.8 Å². The Balaban J connectivity index is 0.000000200. The molecule has 0 amide bonds. The predicted octanol–water partition coefficient (Wildman–Crippen LogP) is 7.31. The summed E-state index contributed by atoms with van der Waals surface area (Å²) in [4.78, 5) is 4.04. The number of nitrogens with zero attached hydrogens (tertiary/aromatic N) is 1. The van der Waals surface area contributed by atoms with Gasteiger partial charge in [0.15, 0.2) is 0 Å². The summed E-state index contributed by atoms with van der Waals surface area (Å²) < 4.78 is 1.19. The minimum Gasteiger partial charge on any atom is -0.360 e. The number of anilines is 1. The summed E-state index contributed by atoms with van der Waals surface area (Å²) in [5.74, 6) is 0.618. The van der Waals surface area contributed by atoms with Crippen molar-refractivity contribution in [2.75, 3.05) is 5.32 Å². The van der Waals surface area contributed by atoms with Crippen molar-refractivity contribution in [1.82, 2.24) is 0 Å². The Labute approximate surface area is 236 Å². The van der Waals surface area contributed by atoms with Crippen LogP contribution in [0.5, 0.6) is 0 Å². The molecule has 1 heterocycles. The zero-order valence-electron chi connectivity index (χ0n) is 21.0. The average Bonchev–Trinajstić information content (AvgIpc) is 3.20. The van der Waals surface area contributed by atoms with Gasteiger partial charge in [-0.1, -0.05) is 100 Å². The van der Waals surface area contributed by atoms with Gasteiger partial charge in [0.1, 0.15) is 0 Å². The van der Waals surface area contributed by atoms with E-state index >= 15 is 0 Å². The molecule has 2 aliphatic carbocycles. The quantitative estimate of drug-likeness (QED) is 0.265. The minimum atomic E-state index is 0.618. The molecule has 0 saturated heterocycles. The van der Waals surface area contributed by atoms with Gasteiger partial charge in [0.05, 0.1) is 0 Å². The highest BCUT2D eigenvalue weighted by Gasteiger charge is 2.19. The van der Waals surface area contributed by atoms with E-state index in [-0.39, 0.29) is 0 Å². The van der Waals surface area contributed by atoms with Crippen molar-refractivity contribution in [3.8, 4) is 0 Å². The van der Waals surface area contributed by atoms with Crippen molar-refractivity contribution >= 4 is 51.6 Å². The second-order valence-corrected chi connectivity index (χ2v) is 11.2. The summed E-state index contributed by atoms with van der Waals surface area (Å²) in [6, 6.07) is 27.5. The van der Waals surface area contributed by atoms with Crippen LogP contribution in [0.1, 0.15) is 28.7 Å². The molecule has 3 aliphatic rings. The molecule has 4 aromatic rings. The number of halogens is 2. The Bertz CT molecular complexity index is 1790. The summed E-state index contributed by atoms with van der Waals surface area (Å²) in [5, 5.41) is 9.52. The van der Waals surface area contributed by atoms with E-state index < -0.39 is 0 Å². The molecule has 2 nitrogen and oxygen atoms in total. The van der Waals surface area contributed by atoms with Gasteiger partial charge in [-0.3, -0.25) is 4.99 Å². The van der Waals surface area contributed by atoms with E-state index in [9.17, 15) is 0 Å². The Hall–Kier alpha value is -3.40. The second-order valence-electron chi connectivity index (χ2n) is 9.90. The molecule has 0 bridgehead atoms. The number of benzene rings is 4. The Morgan fingerprint density at radius 2 is 1.74 bits per heavy atom. The molecule has 38 heavy (non-hydrogen) atoms. The number of rotatable bonds is 2. The first-order chi connectivity index (χ1) is 18.7. The molecule has 1 atom stereocenters. The third kappa shape index (κ3) is 5.14. The predicted molar refractivity (Wildman–Crippen MR) is 164 cm³/mol. The van der Waals surface area contributed by atoms with Gasteiger partial charge in [0.25, 0.3) is 0 Å². The van der Waals surface area contributed by atoms with Crippen LogP contribution in [0, 0.1) is 16.4 Å². The van der Waals surface area contributed by atoms with Gasteiger partial charge in [-0.15, -0.1) is 0 Å². The van der Waals surface area contributed by atoms with Gasteiger partial charge in [0, 0.05) is 39.4 Å². The average molecular weight is 580 g/mol. The fourth-order valence-electron chi connectivity index (χ4n) is 5.64. The van der Waals surface area contributed by atoms with Crippen molar-refractivity contribution in [2.24, 2.45) is 10.9 Å². The Kier molecular flexibility index (Phi) is 7.31. The van der Waals surface area contributed by atoms with Gasteiger partial charge in [-0.2, -0.15) is 0 Å². The number of hydrogen-bond acceptors (Lipinski definition) is 2. The molecule has 0 spiro atoms. The van der Waals surface area contributed by atoms with Crippen LogP contribution in [0.2, 0.25) is 5.02 Å². The topological polar surface area (TPSA) is 24.4 Å². The van der Waals surface area contributed by atoms with Crippen molar-refractivity contribution in [3.63, 3.8) is 0 Å². The molecule has 1 N–H and O–H groups in total. The van der Waals surface area contributed by atoms with E-state index in [1.54, 1.807) is 6.20 Å². The zero-order valence-corrected chi connectivity index (χ0v) is 23.3. The molecule has 7 rings (SSSR count). The number of hydrogen-bond donors (Lipinski definition) is 1. The minimum absolute atomic E-state index is 0.618. The maximum Gasteiger partial charge on any atom is 0.0469 e. The molecule has 1 aliphatic heterocycles. The lowest BCUT2D eigenvalue weighted by atomic mass is 9.81. The monoisotopic (exact) mass is 578 g/mol. The van der Waals surface area contributed by atoms with E-state index in [0.717, 1.165) is 42.0 Å². The van der Waals surface area contributed by atoms with Crippen LogP contribution < -0.4 is 15.8 Å². The number of para-hydroxylation sites is 1. The standard InChI is InChI=1S/C25H20BrCl.C9H8N2/c26-24-6-3-5-19-20-11-10-17-9-8-16(14-18-4-1-2-7-25(18)27)15-23(17)21(20)12-13-22(19)24;1-2-4-9-8(3-1)7-10-5-6-11-9/h1-7,9-11,13,16H,8,12,14-15H2;1-7,11H. The molecule has 0 saturated carbocycles. The highest BCUT2D eigenvalue weighted by atomic mass is 79.9. The van der Waals surface area contributed by atoms with E-state index in [1.165, 1.54) is 42.0 Å². The summed E-state index contributed by atoms with van der Waals surface area (Å²) >= 11 is 10.1. The van der Waals surface area contributed by atoms with Gasteiger partial charge in [-0.05, 0) is 87.4 Å². The Morgan fingerprint density at radius 3 is 2.66 bits per heavy atom. The summed E-state index contributed by atoms with van der Waals surface area (Å²) in [6.45, 7) is 0. The second kappa shape index (κ2) is 11.1.